The monoisotopic (exact) mass is 433 g/mol. The lowest BCUT2D eigenvalue weighted by molar-refractivity contribution is -0.138. The van der Waals surface area contributed by atoms with Gasteiger partial charge in [0.05, 0.1) is 25.4 Å². The number of benzene rings is 1. The lowest BCUT2D eigenvalue weighted by Gasteiger charge is -2.34. The summed E-state index contributed by atoms with van der Waals surface area (Å²) < 4.78 is 33.5. The van der Waals surface area contributed by atoms with Crippen LogP contribution in [0.15, 0.2) is 30.3 Å². The van der Waals surface area contributed by atoms with E-state index < -0.39 is 10.0 Å². The van der Waals surface area contributed by atoms with Crippen LogP contribution in [0.2, 0.25) is 0 Å². The first kappa shape index (κ1) is 21.0. The Balaban J connectivity index is 1.39. The number of carbonyl (C=O) groups excluding carboxylic acids is 1. The van der Waals surface area contributed by atoms with Crippen molar-refractivity contribution >= 4 is 15.9 Å². The summed E-state index contributed by atoms with van der Waals surface area (Å²) in [6.45, 7) is 2.35. The molecule has 1 saturated heterocycles. The fourth-order valence-corrected chi connectivity index (χ4v) is 5.24. The molecular formula is C20H27N5O4S. The van der Waals surface area contributed by atoms with Crippen molar-refractivity contribution in [2.75, 3.05) is 26.0 Å². The zero-order valence-electron chi connectivity index (χ0n) is 17.1. The average Bonchev–Trinajstić information content (AvgIpc) is 3.17. The highest BCUT2D eigenvalue weighted by Gasteiger charge is 2.36. The quantitative estimate of drug-likeness (QED) is 0.682. The fourth-order valence-electron chi connectivity index (χ4n) is 4.12. The first-order valence-electron chi connectivity index (χ1n) is 10.2. The lowest BCUT2D eigenvalue weighted by atomic mass is 10.0. The Morgan fingerprint density at radius 2 is 1.93 bits per heavy atom. The van der Waals surface area contributed by atoms with Crippen molar-refractivity contribution < 1.29 is 17.9 Å². The largest absolute Gasteiger partial charge is 0.367 e. The van der Waals surface area contributed by atoms with Crippen LogP contribution in [0.25, 0.3) is 0 Å². The predicted molar refractivity (Wildman–Crippen MR) is 110 cm³/mol. The third kappa shape index (κ3) is 4.55. The van der Waals surface area contributed by atoms with Crippen LogP contribution in [0.3, 0.4) is 0 Å². The molecule has 1 aromatic carbocycles. The topological polar surface area (TPSA) is 97.6 Å². The van der Waals surface area contributed by atoms with Crippen molar-refractivity contribution in [3.63, 3.8) is 0 Å². The summed E-state index contributed by atoms with van der Waals surface area (Å²) in [4.78, 5) is 14.3. The molecule has 0 bridgehead atoms. The van der Waals surface area contributed by atoms with Crippen molar-refractivity contribution in [3.05, 3.63) is 47.5 Å². The van der Waals surface area contributed by atoms with Gasteiger partial charge in [0.25, 0.3) is 0 Å². The molecule has 3 heterocycles. The number of piperidine rings is 1. The molecule has 2 aliphatic rings. The third-order valence-corrected chi connectivity index (χ3v) is 6.94. The van der Waals surface area contributed by atoms with Crippen LogP contribution in [0.5, 0.6) is 0 Å². The van der Waals surface area contributed by atoms with Crippen molar-refractivity contribution in [2.45, 2.75) is 45.0 Å². The van der Waals surface area contributed by atoms with Crippen molar-refractivity contribution in [1.29, 1.82) is 0 Å². The van der Waals surface area contributed by atoms with Gasteiger partial charge in [-0.25, -0.2) is 8.42 Å². The maximum absolute atomic E-state index is 12.5. The smallest absolute Gasteiger partial charge is 0.249 e. The molecule has 0 radical (unpaired) electrons. The van der Waals surface area contributed by atoms with Gasteiger partial charge in [0.15, 0.2) is 11.6 Å². The van der Waals surface area contributed by atoms with E-state index in [1.54, 1.807) is 4.90 Å². The molecule has 0 N–H and O–H groups in total. The van der Waals surface area contributed by atoms with Crippen molar-refractivity contribution in [3.8, 4) is 0 Å². The predicted octanol–water partition coefficient (Wildman–Crippen LogP) is 1.32. The number of amides is 1. The molecule has 1 aromatic heterocycles. The average molecular weight is 434 g/mol. The van der Waals surface area contributed by atoms with E-state index in [2.05, 4.69) is 10.2 Å². The van der Waals surface area contributed by atoms with Gasteiger partial charge in [-0.3, -0.25) is 4.79 Å². The molecule has 10 heteroatoms. The summed E-state index contributed by atoms with van der Waals surface area (Å²) in [7, 11) is -3.31. The number of aromatic nitrogens is 3. The Labute approximate surface area is 176 Å². The van der Waals surface area contributed by atoms with Crippen LogP contribution in [0.1, 0.15) is 42.5 Å². The minimum Gasteiger partial charge on any atom is -0.367 e. The molecule has 2 aliphatic heterocycles. The molecule has 1 unspecified atom stereocenters. The summed E-state index contributed by atoms with van der Waals surface area (Å²) in [6.07, 6.45) is 3.80. The molecular weight excluding hydrogens is 406 g/mol. The molecule has 2 aromatic rings. The van der Waals surface area contributed by atoms with Gasteiger partial charge in [0.1, 0.15) is 6.61 Å². The molecule has 1 fully saturated rings. The minimum absolute atomic E-state index is 0.0143. The highest BCUT2D eigenvalue weighted by Crippen LogP contribution is 2.32. The molecule has 1 amide bonds. The van der Waals surface area contributed by atoms with Gasteiger partial charge in [0.2, 0.25) is 15.9 Å². The van der Waals surface area contributed by atoms with Gasteiger partial charge in [-0.15, -0.1) is 10.2 Å². The SMILES string of the molecule is CS(=O)(=O)N1CCCCC1c1nnc2n1CCN(C(=O)COCc1ccccc1)C2. The van der Waals surface area contributed by atoms with E-state index in [1.165, 1.54) is 10.6 Å². The van der Waals surface area contributed by atoms with Crippen LogP contribution in [0, 0.1) is 0 Å². The standard InChI is InChI=1S/C20H27N5O4S/c1-30(27,28)25-10-6-5-9-17(25)20-22-21-18-13-23(11-12-24(18)20)19(26)15-29-14-16-7-3-2-4-8-16/h2-4,7-8,17H,5-6,9-15H2,1H3. The summed E-state index contributed by atoms with van der Waals surface area (Å²) in [5.41, 5.74) is 1.02. The molecule has 162 valence electrons. The number of carbonyl (C=O) groups is 1. The Bertz CT molecular complexity index is 992. The van der Waals surface area contributed by atoms with E-state index in [-0.39, 0.29) is 18.6 Å². The van der Waals surface area contributed by atoms with Gasteiger partial charge in [0, 0.05) is 19.6 Å². The zero-order valence-corrected chi connectivity index (χ0v) is 17.9. The number of nitrogens with zero attached hydrogens (tertiary/aromatic N) is 5. The van der Waals surface area contributed by atoms with Gasteiger partial charge in [-0.05, 0) is 18.4 Å². The number of sulfonamides is 1. The second-order valence-electron chi connectivity index (χ2n) is 7.81. The van der Waals surface area contributed by atoms with Crippen molar-refractivity contribution in [2.24, 2.45) is 0 Å². The van der Waals surface area contributed by atoms with Crippen molar-refractivity contribution in [1.82, 2.24) is 24.0 Å². The van der Waals surface area contributed by atoms with Gasteiger partial charge in [-0.1, -0.05) is 36.8 Å². The summed E-state index contributed by atoms with van der Waals surface area (Å²) in [5.74, 6) is 1.28. The molecule has 0 saturated carbocycles. The Morgan fingerprint density at radius 1 is 1.13 bits per heavy atom. The number of fused-ring (bicyclic) bond motifs is 1. The molecule has 9 nitrogen and oxygen atoms in total. The van der Waals surface area contributed by atoms with E-state index in [4.69, 9.17) is 4.74 Å². The van der Waals surface area contributed by atoms with Gasteiger partial charge < -0.3 is 14.2 Å². The summed E-state index contributed by atoms with van der Waals surface area (Å²) in [6, 6.07) is 9.45. The Hall–Kier alpha value is -2.30. The third-order valence-electron chi connectivity index (χ3n) is 5.65. The summed E-state index contributed by atoms with van der Waals surface area (Å²) >= 11 is 0. The Kier molecular flexibility index (Phi) is 6.16. The van der Waals surface area contributed by atoms with Gasteiger partial charge >= 0.3 is 0 Å². The minimum atomic E-state index is -3.31. The van der Waals surface area contributed by atoms with Crippen LogP contribution in [-0.4, -0.2) is 64.2 Å². The molecule has 1 atom stereocenters. The normalized spacial score (nSPS) is 20.2. The fraction of sp³-hybridized carbons (Fsp3) is 0.550. The summed E-state index contributed by atoms with van der Waals surface area (Å²) in [5, 5.41) is 8.58. The highest BCUT2D eigenvalue weighted by atomic mass is 32.2. The number of ether oxygens (including phenoxy) is 1. The highest BCUT2D eigenvalue weighted by molar-refractivity contribution is 7.88. The van der Waals surface area contributed by atoms with Crippen LogP contribution in [0.4, 0.5) is 0 Å². The number of hydrogen-bond donors (Lipinski definition) is 0. The first-order valence-corrected chi connectivity index (χ1v) is 12.1. The van der Waals surface area contributed by atoms with Crippen LogP contribution < -0.4 is 0 Å². The van der Waals surface area contributed by atoms with Crippen LogP contribution in [-0.2, 0) is 39.3 Å². The van der Waals surface area contributed by atoms with E-state index in [9.17, 15) is 13.2 Å². The van der Waals surface area contributed by atoms with E-state index in [0.29, 0.717) is 44.4 Å². The molecule has 0 aliphatic carbocycles. The lowest BCUT2D eigenvalue weighted by Crippen LogP contribution is -2.42. The first-order chi connectivity index (χ1) is 14.4. The van der Waals surface area contributed by atoms with E-state index in [1.807, 2.05) is 34.9 Å². The van der Waals surface area contributed by atoms with Gasteiger partial charge in [-0.2, -0.15) is 4.31 Å². The maximum atomic E-state index is 12.5. The van der Waals surface area contributed by atoms with Crippen LogP contribution >= 0.6 is 0 Å². The second kappa shape index (κ2) is 8.83. The molecule has 30 heavy (non-hydrogen) atoms. The second-order valence-corrected chi connectivity index (χ2v) is 9.74. The number of hydrogen-bond acceptors (Lipinski definition) is 6. The van der Waals surface area contributed by atoms with E-state index in [0.717, 1.165) is 24.8 Å². The number of rotatable bonds is 6. The zero-order chi connectivity index (χ0) is 21.1. The van der Waals surface area contributed by atoms with E-state index >= 15 is 0 Å². The Morgan fingerprint density at radius 3 is 2.70 bits per heavy atom. The molecule has 0 spiro atoms. The molecule has 4 rings (SSSR count). The maximum Gasteiger partial charge on any atom is 0.249 e.